The van der Waals surface area contributed by atoms with Crippen molar-refractivity contribution in [1.29, 1.82) is 0 Å². The minimum Gasteiger partial charge on any atom is -0.306 e. The van der Waals surface area contributed by atoms with Gasteiger partial charge in [0.15, 0.2) is 0 Å². The van der Waals surface area contributed by atoms with Crippen LogP contribution in [0, 0.1) is 5.92 Å². The van der Waals surface area contributed by atoms with Crippen molar-refractivity contribution in [3.8, 4) is 0 Å². The Morgan fingerprint density at radius 1 is 0.900 bits per heavy atom. The molecule has 2 fully saturated rings. The Kier molecular flexibility index (Phi) is 5.07. The van der Waals surface area contributed by atoms with Crippen molar-refractivity contribution in [3.05, 3.63) is 30.1 Å². The highest BCUT2D eigenvalue weighted by molar-refractivity contribution is 5.11. The third-order valence-corrected chi connectivity index (χ3v) is 5.15. The SMILES string of the molecule is c1ccc(C(NC2CCCCC2)C2CCCCC2)nc1. The van der Waals surface area contributed by atoms with E-state index < -0.39 is 0 Å². The normalized spacial score (nSPS) is 23.6. The quantitative estimate of drug-likeness (QED) is 0.864. The molecular formula is C18H28N2. The molecule has 20 heavy (non-hydrogen) atoms. The molecule has 110 valence electrons. The lowest BCUT2D eigenvalue weighted by molar-refractivity contribution is 0.230. The molecule has 0 saturated heterocycles. The molecule has 0 bridgehead atoms. The highest BCUT2D eigenvalue weighted by Crippen LogP contribution is 2.35. The summed E-state index contributed by atoms with van der Waals surface area (Å²) in [5.74, 6) is 0.792. The van der Waals surface area contributed by atoms with E-state index >= 15 is 0 Å². The lowest BCUT2D eigenvalue weighted by atomic mass is 9.81. The Hall–Kier alpha value is -0.890. The molecule has 0 radical (unpaired) electrons. The van der Waals surface area contributed by atoms with Gasteiger partial charge in [-0.05, 0) is 43.7 Å². The number of hydrogen-bond donors (Lipinski definition) is 1. The molecule has 0 aliphatic heterocycles. The van der Waals surface area contributed by atoms with Crippen molar-refractivity contribution in [2.45, 2.75) is 76.3 Å². The molecule has 2 saturated carbocycles. The van der Waals surface area contributed by atoms with E-state index in [-0.39, 0.29) is 0 Å². The van der Waals surface area contributed by atoms with Gasteiger partial charge < -0.3 is 5.32 Å². The fourth-order valence-corrected chi connectivity index (χ4v) is 4.01. The van der Waals surface area contributed by atoms with Crippen LogP contribution in [-0.2, 0) is 0 Å². The van der Waals surface area contributed by atoms with Gasteiger partial charge in [-0.1, -0.05) is 44.6 Å². The summed E-state index contributed by atoms with van der Waals surface area (Å²) in [7, 11) is 0. The molecule has 0 aromatic carbocycles. The van der Waals surface area contributed by atoms with E-state index in [1.54, 1.807) is 0 Å². The summed E-state index contributed by atoms with van der Waals surface area (Å²) >= 11 is 0. The highest BCUT2D eigenvalue weighted by Gasteiger charge is 2.28. The van der Waals surface area contributed by atoms with Gasteiger partial charge in [-0.25, -0.2) is 0 Å². The summed E-state index contributed by atoms with van der Waals surface area (Å²) in [4.78, 5) is 4.66. The summed E-state index contributed by atoms with van der Waals surface area (Å²) in [6.45, 7) is 0. The van der Waals surface area contributed by atoms with Gasteiger partial charge in [0.05, 0.1) is 11.7 Å². The summed E-state index contributed by atoms with van der Waals surface area (Å²) in [6, 6.07) is 7.59. The number of hydrogen-bond acceptors (Lipinski definition) is 2. The highest BCUT2D eigenvalue weighted by atomic mass is 15.0. The van der Waals surface area contributed by atoms with Crippen molar-refractivity contribution >= 4 is 0 Å². The first kappa shape index (κ1) is 14.1. The molecule has 1 N–H and O–H groups in total. The summed E-state index contributed by atoms with van der Waals surface area (Å²) in [6.07, 6.45) is 15.9. The van der Waals surface area contributed by atoms with E-state index in [1.165, 1.54) is 69.9 Å². The van der Waals surface area contributed by atoms with Crippen molar-refractivity contribution in [3.63, 3.8) is 0 Å². The average Bonchev–Trinajstić information content (AvgIpc) is 2.55. The second-order valence-corrected chi connectivity index (χ2v) is 6.63. The first-order valence-corrected chi connectivity index (χ1v) is 8.60. The van der Waals surface area contributed by atoms with E-state index in [4.69, 9.17) is 0 Å². The Morgan fingerprint density at radius 3 is 2.25 bits per heavy atom. The first-order valence-electron chi connectivity index (χ1n) is 8.60. The van der Waals surface area contributed by atoms with Gasteiger partial charge >= 0.3 is 0 Å². The van der Waals surface area contributed by atoms with Gasteiger partial charge in [-0.3, -0.25) is 4.98 Å². The van der Waals surface area contributed by atoms with Gasteiger partial charge in [0.1, 0.15) is 0 Å². The van der Waals surface area contributed by atoms with E-state index in [2.05, 4.69) is 22.4 Å². The zero-order valence-electron chi connectivity index (χ0n) is 12.6. The van der Waals surface area contributed by atoms with Crippen LogP contribution in [0.15, 0.2) is 24.4 Å². The molecule has 2 heteroatoms. The molecule has 1 aromatic heterocycles. The zero-order chi connectivity index (χ0) is 13.6. The number of aromatic nitrogens is 1. The molecule has 2 aliphatic carbocycles. The van der Waals surface area contributed by atoms with Crippen LogP contribution < -0.4 is 5.32 Å². The second-order valence-electron chi connectivity index (χ2n) is 6.63. The lowest BCUT2D eigenvalue weighted by Gasteiger charge is -2.35. The second kappa shape index (κ2) is 7.21. The third-order valence-electron chi connectivity index (χ3n) is 5.15. The van der Waals surface area contributed by atoms with E-state index in [0.29, 0.717) is 6.04 Å². The number of nitrogens with zero attached hydrogens (tertiary/aromatic N) is 1. The molecule has 1 atom stereocenters. The fourth-order valence-electron chi connectivity index (χ4n) is 4.01. The standard InChI is InChI=1S/C18H28N2/c1-3-9-15(10-4-1)18(17-13-7-8-14-19-17)20-16-11-5-2-6-12-16/h7-8,13-16,18,20H,1-6,9-12H2. The molecule has 1 aromatic rings. The van der Waals surface area contributed by atoms with Crippen LogP contribution in [0.3, 0.4) is 0 Å². The van der Waals surface area contributed by atoms with Gasteiger partial charge in [0, 0.05) is 12.2 Å². The molecular weight excluding hydrogens is 244 g/mol. The van der Waals surface area contributed by atoms with Crippen molar-refractivity contribution in [2.24, 2.45) is 5.92 Å². The predicted molar refractivity (Wildman–Crippen MR) is 83.6 cm³/mol. The Labute approximate surface area is 123 Å². The monoisotopic (exact) mass is 272 g/mol. The predicted octanol–water partition coefficient (Wildman–Crippen LogP) is 4.63. The minimum atomic E-state index is 0.486. The molecule has 3 rings (SSSR count). The Morgan fingerprint density at radius 2 is 1.60 bits per heavy atom. The molecule has 0 spiro atoms. The molecule has 2 nitrogen and oxygen atoms in total. The minimum absolute atomic E-state index is 0.486. The fraction of sp³-hybridized carbons (Fsp3) is 0.722. The average molecular weight is 272 g/mol. The van der Waals surface area contributed by atoms with Crippen molar-refractivity contribution < 1.29 is 0 Å². The number of rotatable bonds is 4. The smallest absolute Gasteiger partial charge is 0.0576 e. The molecule has 2 aliphatic rings. The zero-order valence-corrected chi connectivity index (χ0v) is 12.6. The third kappa shape index (κ3) is 3.60. The maximum absolute atomic E-state index is 4.66. The topological polar surface area (TPSA) is 24.9 Å². The Balaban J connectivity index is 1.72. The van der Waals surface area contributed by atoms with Crippen LogP contribution in [0.25, 0.3) is 0 Å². The first-order chi connectivity index (χ1) is 9.93. The maximum Gasteiger partial charge on any atom is 0.0576 e. The lowest BCUT2D eigenvalue weighted by Crippen LogP contribution is -2.39. The van der Waals surface area contributed by atoms with Gasteiger partial charge in [0.2, 0.25) is 0 Å². The van der Waals surface area contributed by atoms with Crippen LogP contribution >= 0.6 is 0 Å². The molecule has 1 heterocycles. The van der Waals surface area contributed by atoms with Crippen molar-refractivity contribution in [2.75, 3.05) is 0 Å². The van der Waals surface area contributed by atoms with Crippen LogP contribution in [0.4, 0.5) is 0 Å². The number of pyridine rings is 1. The van der Waals surface area contributed by atoms with E-state index in [9.17, 15) is 0 Å². The van der Waals surface area contributed by atoms with Crippen molar-refractivity contribution in [1.82, 2.24) is 10.3 Å². The van der Waals surface area contributed by atoms with Gasteiger partial charge in [-0.2, -0.15) is 0 Å². The number of nitrogens with one attached hydrogen (secondary N) is 1. The molecule has 0 amide bonds. The van der Waals surface area contributed by atoms with Crippen LogP contribution in [0.5, 0.6) is 0 Å². The van der Waals surface area contributed by atoms with E-state index in [1.807, 2.05) is 12.3 Å². The summed E-state index contributed by atoms with van der Waals surface area (Å²) < 4.78 is 0. The van der Waals surface area contributed by atoms with Gasteiger partial charge in [0.25, 0.3) is 0 Å². The van der Waals surface area contributed by atoms with Gasteiger partial charge in [-0.15, -0.1) is 0 Å². The summed E-state index contributed by atoms with van der Waals surface area (Å²) in [5, 5.41) is 3.98. The largest absolute Gasteiger partial charge is 0.306 e. The molecule has 1 unspecified atom stereocenters. The Bertz CT molecular complexity index is 378. The maximum atomic E-state index is 4.66. The van der Waals surface area contributed by atoms with Crippen LogP contribution in [-0.4, -0.2) is 11.0 Å². The summed E-state index contributed by atoms with van der Waals surface area (Å²) in [5.41, 5.74) is 1.27. The van der Waals surface area contributed by atoms with Crippen LogP contribution in [0.1, 0.15) is 75.9 Å². The van der Waals surface area contributed by atoms with Crippen LogP contribution in [0.2, 0.25) is 0 Å². The van der Waals surface area contributed by atoms with E-state index in [0.717, 1.165) is 12.0 Å².